The molecule has 0 aliphatic rings. The van der Waals surface area contributed by atoms with Crippen LogP contribution in [0.3, 0.4) is 0 Å². The third-order valence-corrected chi connectivity index (χ3v) is 5.06. The summed E-state index contributed by atoms with van der Waals surface area (Å²) in [4.78, 5) is 16.0. The molecule has 0 saturated heterocycles. The largest absolute Gasteiger partial charge is 0.507 e. The van der Waals surface area contributed by atoms with Crippen LogP contribution in [-0.2, 0) is 14.8 Å². The van der Waals surface area contributed by atoms with E-state index in [9.17, 15) is 18.3 Å². The molecule has 3 N–H and O–H groups in total. The van der Waals surface area contributed by atoms with Crippen LogP contribution < -0.4 is 10.0 Å². The fraction of sp³-hybridized carbons (Fsp3) is 0. The number of nitrogens with zero attached hydrogens (tertiary/aromatic N) is 1. The first-order chi connectivity index (χ1) is 13.4. The average Bonchev–Trinajstić information content (AvgIpc) is 2.68. The number of aromatic nitrogens is 1. The SMILES string of the molecule is O=C(C=Cc1ccccc1O)Nc1ccc(S(=O)(=O)Nc2ccccn2)cc1. The lowest BCUT2D eigenvalue weighted by Gasteiger charge is -2.08. The minimum Gasteiger partial charge on any atom is -0.507 e. The third-order valence-electron chi connectivity index (χ3n) is 3.69. The Morgan fingerprint density at radius 1 is 0.964 bits per heavy atom. The Morgan fingerprint density at radius 2 is 1.68 bits per heavy atom. The Balaban J connectivity index is 1.65. The number of amides is 1. The Morgan fingerprint density at radius 3 is 2.36 bits per heavy atom. The van der Waals surface area contributed by atoms with Crippen molar-refractivity contribution < 1.29 is 18.3 Å². The van der Waals surface area contributed by atoms with Crippen LogP contribution in [-0.4, -0.2) is 24.4 Å². The topological polar surface area (TPSA) is 108 Å². The zero-order chi connectivity index (χ0) is 20.0. The summed E-state index contributed by atoms with van der Waals surface area (Å²) in [6.45, 7) is 0. The smallest absolute Gasteiger partial charge is 0.263 e. The van der Waals surface area contributed by atoms with E-state index in [2.05, 4.69) is 15.0 Å². The number of sulfonamides is 1. The molecular formula is C20H17N3O4S. The Hall–Kier alpha value is -3.65. The highest BCUT2D eigenvalue weighted by atomic mass is 32.2. The van der Waals surface area contributed by atoms with Gasteiger partial charge in [0.05, 0.1) is 4.90 Å². The second-order valence-electron chi connectivity index (χ2n) is 5.73. The van der Waals surface area contributed by atoms with Gasteiger partial charge in [0.1, 0.15) is 11.6 Å². The van der Waals surface area contributed by atoms with Gasteiger partial charge in [-0.3, -0.25) is 9.52 Å². The van der Waals surface area contributed by atoms with Gasteiger partial charge in [0, 0.05) is 23.5 Å². The van der Waals surface area contributed by atoms with Gasteiger partial charge in [-0.25, -0.2) is 13.4 Å². The molecule has 142 valence electrons. The number of hydrogen-bond acceptors (Lipinski definition) is 5. The van der Waals surface area contributed by atoms with Crippen molar-refractivity contribution in [2.24, 2.45) is 0 Å². The van der Waals surface area contributed by atoms with Crippen LogP contribution in [0.25, 0.3) is 6.08 Å². The molecule has 0 fully saturated rings. The number of pyridine rings is 1. The van der Waals surface area contributed by atoms with E-state index in [4.69, 9.17) is 0 Å². The summed E-state index contributed by atoms with van der Waals surface area (Å²) in [5.74, 6) is -0.124. The molecule has 0 aliphatic heterocycles. The first-order valence-corrected chi connectivity index (χ1v) is 9.73. The number of carbonyl (C=O) groups excluding carboxylic acids is 1. The van der Waals surface area contributed by atoms with E-state index in [1.807, 2.05) is 0 Å². The van der Waals surface area contributed by atoms with E-state index in [0.29, 0.717) is 11.3 Å². The number of phenols is 1. The maximum absolute atomic E-state index is 12.4. The molecule has 8 heteroatoms. The summed E-state index contributed by atoms with van der Waals surface area (Å²) in [6, 6.07) is 17.3. The number of para-hydroxylation sites is 1. The molecule has 1 aromatic heterocycles. The first kappa shape index (κ1) is 19.1. The van der Waals surface area contributed by atoms with Gasteiger partial charge in [0.15, 0.2) is 0 Å². The van der Waals surface area contributed by atoms with Crippen LogP contribution in [0.15, 0.2) is 83.9 Å². The molecule has 2 aromatic carbocycles. The number of hydrogen-bond donors (Lipinski definition) is 3. The van der Waals surface area contributed by atoms with Gasteiger partial charge in [-0.2, -0.15) is 0 Å². The molecule has 0 bridgehead atoms. The number of aromatic hydroxyl groups is 1. The lowest BCUT2D eigenvalue weighted by molar-refractivity contribution is -0.111. The van der Waals surface area contributed by atoms with Crippen LogP contribution >= 0.6 is 0 Å². The van der Waals surface area contributed by atoms with E-state index >= 15 is 0 Å². The van der Waals surface area contributed by atoms with Gasteiger partial charge >= 0.3 is 0 Å². The number of rotatable bonds is 6. The summed E-state index contributed by atoms with van der Waals surface area (Å²) < 4.78 is 27.1. The van der Waals surface area contributed by atoms with E-state index in [-0.39, 0.29) is 16.5 Å². The van der Waals surface area contributed by atoms with Crippen LogP contribution in [0, 0.1) is 0 Å². The average molecular weight is 395 g/mol. The third kappa shape index (κ3) is 4.95. The van der Waals surface area contributed by atoms with Crippen LogP contribution in [0.4, 0.5) is 11.5 Å². The minimum absolute atomic E-state index is 0.0425. The molecule has 3 rings (SSSR count). The highest BCUT2D eigenvalue weighted by Gasteiger charge is 2.14. The Kier molecular flexibility index (Phi) is 5.71. The van der Waals surface area contributed by atoms with Crippen molar-refractivity contribution in [3.63, 3.8) is 0 Å². The van der Waals surface area contributed by atoms with Gasteiger partial charge in [-0.05, 0) is 48.5 Å². The highest BCUT2D eigenvalue weighted by molar-refractivity contribution is 7.92. The number of nitrogens with one attached hydrogen (secondary N) is 2. The number of anilines is 2. The van der Waals surface area contributed by atoms with Crippen LogP contribution in [0.1, 0.15) is 5.56 Å². The lowest BCUT2D eigenvalue weighted by atomic mass is 10.2. The molecule has 0 unspecified atom stereocenters. The Bertz CT molecular complexity index is 1100. The molecule has 0 spiro atoms. The number of benzene rings is 2. The van der Waals surface area contributed by atoms with Gasteiger partial charge in [0.25, 0.3) is 10.0 Å². The van der Waals surface area contributed by atoms with Crippen LogP contribution in [0.5, 0.6) is 5.75 Å². The van der Waals surface area contributed by atoms with Crippen LogP contribution in [0.2, 0.25) is 0 Å². The summed E-state index contributed by atoms with van der Waals surface area (Å²) >= 11 is 0. The Labute approximate surface area is 162 Å². The molecule has 7 nitrogen and oxygen atoms in total. The van der Waals surface area contributed by atoms with E-state index in [1.54, 1.807) is 36.4 Å². The van der Waals surface area contributed by atoms with Crippen molar-refractivity contribution in [2.45, 2.75) is 4.90 Å². The van der Waals surface area contributed by atoms with Gasteiger partial charge < -0.3 is 10.4 Å². The standard InChI is InChI=1S/C20H17N3O4S/c24-18-6-2-1-5-15(18)8-13-20(25)22-16-9-11-17(12-10-16)28(26,27)23-19-7-3-4-14-21-19/h1-14,24H,(H,21,23)(H,22,25). The second-order valence-corrected chi connectivity index (χ2v) is 7.41. The molecule has 28 heavy (non-hydrogen) atoms. The predicted molar refractivity (Wildman–Crippen MR) is 107 cm³/mol. The van der Waals surface area contributed by atoms with Crippen molar-refractivity contribution in [1.82, 2.24) is 4.98 Å². The maximum Gasteiger partial charge on any atom is 0.263 e. The summed E-state index contributed by atoms with van der Waals surface area (Å²) in [5.41, 5.74) is 0.948. The van der Waals surface area contributed by atoms with E-state index in [1.165, 1.54) is 48.7 Å². The second kappa shape index (κ2) is 8.36. The van der Waals surface area contributed by atoms with Gasteiger partial charge in [-0.15, -0.1) is 0 Å². The number of phenolic OH excluding ortho intramolecular Hbond substituents is 1. The first-order valence-electron chi connectivity index (χ1n) is 8.25. The minimum atomic E-state index is -3.78. The molecule has 0 atom stereocenters. The molecule has 1 amide bonds. The van der Waals surface area contributed by atoms with Gasteiger partial charge in [-0.1, -0.05) is 24.3 Å². The molecule has 0 aliphatic carbocycles. The fourth-order valence-corrected chi connectivity index (χ4v) is 3.32. The molecule has 0 radical (unpaired) electrons. The maximum atomic E-state index is 12.4. The van der Waals surface area contributed by atoms with Crippen molar-refractivity contribution in [1.29, 1.82) is 0 Å². The monoisotopic (exact) mass is 395 g/mol. The molecule has 3 aromatic rings. The fourth-order valence-electron chi connectivity index (χ4n) is 2.32. The molecular weight excluding hydrogens is 378 g/mol. The zero-order valence-corrected chi connectivity index (χ0v) is 15.4. The highest BCUT2D eigenvalue weighted by Crippen LogP contribution is 2.18. The quantitative estimate of drug-likeness (QED) is 0.555. The van der Waals surface area contributed by atoms with Crippen molar-refractivity contribution in [3.05, 3.63) is 84.6 Å². The molecule has 0 saturated carbocycles. The predicted octanol–water partition coefficient (Wildman–Crippen LogP) is 3.24. The van der Waals surface area contributed by atoms with Crippen molar-refractivity contribution in [3.8, 4) is 5.75 Å². The van der Waals surface area contributed by atoms with Gasteiger partial charge in [0.2, 0.25) is 5.91 Å². The lowest BCUT2D eigenvalue weighted by Crippen LogP contribution is -2.14. The number of carbonyl (C=O) groups is 1. The van der Waals surface area contributed by atoms with Crippen molar-refractivity contribution in [2.75, 3.05) is 10.0 Å². The zero-order valence-electron chi connectivity index (χ0n) is 14.6. The normalized spacial score (nSPS) is 11.3. The van der Waals surface area contributed by atoms with E-state index in [0.717, 1.165) is 0 Å². The summed E-state index contributed by atoms with van der Waals surface area (Å²) in [5, 5.41) is 12.3. The summed E-state index contributed by atoms with van der Waals surface area (Å²) in [6.07, 6.45) is 4.25. The summed E-state index contributed by atoms with van der Waals surface area (Å²) in [7, 11) is -3.78. The van der Waals surface area contributed by atoms with Crippen molar-refractivity contribution >= 4 is 33.5 Å². The van der Waals surface area contributed by atoms with E-state index < -0.39 is 15.9 Å². The molecule has 1 heterocycles.